The maximum atomic E-state index is 12.7. The van der Waals surface area contributed by atoms with Crippen molar-refractivity contribution in [1.82, 2.24) is 5.32 Å². The number of nitrogens with zero attached hydrogens (tertiary/aromatic N) is 3. The predicted octanol–water partition coefficient (Wildman–Crippen LogP) is 4.33. The number of rotatable bonds is 4. The summed E-state index contributed by atoms with van der Waals surface area (Å²) in [7, 11) is 0. The maximum absolute atomic E-state index is 12.7. The Bertz CT molecular complexity index is 665. The van der Waals surface area contributed by atoms with E-state index in [1.807, 2.05) is 0 Å². The molecule has 6 heteroatoms. The average molecular weight is 328 g/mol. The van der Waals surface area contributed by atoms with E-state index in [9.17, 15) is 9.59 Å². The molecule has 1 saturated carbocycles. The van der Waals surface area contributed by atoms with E-state index in [1.165, 1.54) is 12.5 Å². The second-order valence-corrected chi connectivity index (χ2v) is 6.95. The zero-order valence-electron chi connectivity index (χ0n) is 14.4. The third-order valence-electron chi connectivity index (χ3n) is 4.88. The van der Waals surface area contributed by atoms with Crippen molar-refractivity contribution in [2.45, 2.75) is 46.1 Å². The molecule has 0 unspecified atom stereocenters. The van der Waals surface area contributed by atoms with Gasteiger partial charge in [0.2, 0.25) is 5.91 Å². The van der Waals surface area contributed by atoms with Crippen LogP contribution in [0, 0.1) is 17.8 Å². The van der Waals surface area contributed by atoms with Crippen LogP contribution >= 0.6 is 0 Å². The van der Waals surface area contributed by atoms with Crippen LogP contribution in [0.15, 0.2) is 29.4 Å². The number of hydrogen-bond acceptors (Lipinski definition) is 2. The van der Waals surface area contributed by atoms with E-state index in [2.05, 4.69) is 36.1 Å². The zero-order chi connectivity index (χ0) is 17.7. The number of amides is 2. The second kappa shape index (κ2) is 7.97. The van der Waals surface area contributed by atoms with Gasteiger partial charge in [0.1, 0.15) is 0 Å². The predicted molar refractivity (Wildman–Crippen MR) is 92.5 cm³/mol. The molecular formula is C18H24N4O2. The van der Waals surface area contributed by atoms with Gasteiger partial charge in [-0.1, -0.05) is 45.4 Å². The maximum Gasteiger partial charge on any atom is 0.252 e. The van der Waals surface area contributed by atoms with Gasteiger partial charge in [-0.25, -0.2) is 0 Å². The summed E-state index contributed by atoms with van der Waals surface area (Å²) in [6.45, 7) is 6.56. The van der Waals surface area contributed by atoms with Gasteiger partial charge in [-0.2, -0.15) is 0 Å². The fourth-order valence-electron chi connectivity index (χ4n) is 3.58. The van der Waals surface area contributed by atoms with Crippen LogP contribution in [0.3, 0.4) is 0 Å². The molecule has 1 N–H and O–H groups in total. The summed E-state index contributed by atoms with van der Waals surface area (Å²) >= 11 is 0. The standard InChI is InChI=1S/C18H24N4O2/c1-11(2)13-9-8-12(3)10-16(13)20-17(23)14-6-4-5-7-15(14)18(24)21-22-19/h4-7,11-13,16H,8-10H2,1-3H3,(H,20,23)/t12-,13+,16-/m1/s1. The van der Waals surface area contributed by atoms with Gasteiger partial charge >= 0.3 is 0 Å². The lowest BCUT2D eigenvalue weighted by Gasteiger charge is -2.37. The van der Waals surface area contributed by atoms with Gasteiger partial charge in [0.05, 0.1) is 5.56 Å². The molecule has 0 saturated heterocycles. The number of carbonyl (C=O) groups excluding carboxylic acids is 2. The van der Waals surface area contributed by atoms with E-state index in [1.54, 1.807) is 18.2 Å². The zero-order valence-corrected chi connectivity index (χ0v) is 14.4. The van der Waals surface area contributed by atoms with Crippen LogP contribution in [0.4, 0.5) is 0 Å². The summed E-state index contributed by atoms with van der Waals surface area (Å²) < 4.78 is 0. The Morgan fingerprint density at radius 1 is 1.25 bits per heavy atom. The van der Waals surface area contributed by atoms with Crippen LogP contribution in [0.1, 0.15) is 60.7 Å². The highest BCUT2D eigenvalue weighted by Gasteiger charge is 2.32. The second-order valence-electron chi connectivity index (χ2n) is 6.95. The highest BCUT2D eigenvalue weighted by Crippen LogP contribution is 2.33. The lowest BCUT2D eigenvalue weighted by atomic mass is 9.74. The van der Waals surface area contributed by atoms with E-state index in [4.69, 9.17) is 5.53 Å². The highest BCUT2D eigenvalue weighted by atomic mass is 16.2. The first-order valence-electron chi connectivity index (χ1n) is 8.43. The first-order valence-corrected chi connectivity index (χ1v) is 8.43. The summed E-state index contributed by atoms with van der Waals surface area (Å²) in [6.07, 6.45) is 3.23. The van der Waals surface area contributed by atoms with Crippen molar-refractivity contribution in [2.24, 2.45) is 22.9 Å². The molecule has 128 valence electrons. The molecule has 1 aromatic rings. The molecule has 1 aliphatic carbocycles. The van der Waals surface area contributed by atoms with Crippen LogP contribution in [0.2, 0.25) is 0 Å². The van der Waals surface area contributed by atoms with Gasteiger partial charge in [-0.15, -0.1) is 0 Å². The number of benzene rings is 1. The molecule has 0 aliphatic heterocycles. The van der Waals surface area contributed by atoms with Crippen molar-refractivity contribution in [3.05, 3.63) is 45.8 Å². The van der Waals surface area contributed by atoms with Crippen molar-refractivity contribution in [3.8, 4) is 0 Å². The van der Waals surface area contributed by atoms with E-state index in [-0.39, 0.29) is 23.1 Å². The van der Waals surface area contributed by atoms with Crippen LogP contribution < -0.4 is 5.32 Å². The number of carbonyl (C=O) groups is 2. The molecule has 0 radical (unpaired) electrons. The lowest BCUT2D eigenvalue weighted by Crippen LogP contribution is -2.45. The first-order chi connectivity index (χ1) is 11.4. The Morgan fingerprint density at radius 2 is 1.92 bits per heavy atom. The third-order valence-corrected chi connectivity index (χ3v) is 4.88. The largest absolute Gasteiger partial charge is 0.349 e. The summed E-state index contributed by atoms with van der Waals surface area (Å²) in [5, 5.41) is 6.21. The van der Waals surface area contributed by atoms with E-state index >= 15 is 0 Å². The summed E-state index contributed by atoms with van der Waals surface area (Å²) in [4.78, 5) is 27.1. The summed E-state index contributed by atoms with van der Waals surface area (Å²) in [6, 6.07) is 6.55. The lowest BCUT2D eigenvalue weighted by molar-refractivity contribution is 0.0859. The Morgan fingerprint density at radius 3 is 2.54 bits per heavy atom. The highest BCUT2D eigenvalue weighted by molar-refractivity contribution is 6.07. The molecule has 3 atom stereocenters. The van der Waals surface area contributed by atoms with Crippen molar-refractivity contribution in [1.29, 1.82) is 0 Å². The van der Waals surface area contributed by atoms with Crippen LogP contribution in [0.25, 0.3) is 10.4 Å². The SMILES string of the molecule is CC(C)[C@@H]1CC[C@@H](C)C[C@H]1NC(=O)c1ccccc1C(=O)N=[N+]=[N-]. The summed E-state index contributed by atoms with van der Waals surface area (Å²) in [5.41, 5.74) is 8.85. The van der Waals surface area contributed by atoms with E-state index in [0.29, 0.717) is 17.8 Å². The Labute approximate surface area is 142 Å². The van der Waals surface area contributed by atoms with Crippen LogP contribution in [-0.2, 0) is 0 Å². The van der Waals surface area contributed by atoms with Gasteiger partial charge in [-0.3, -0.25) is 9.59 Å². The Balaban J connectivity index is 2.22. The van der Waals surface area contributed by atoms with Crippen molar-refractivity contribution < 1.29 is 9.59 Å². The van der Waals surface area contributed by atoms with E-state index < -0.39 is 5.91 Å². The van der Waals surface area contributed by atoms with Crippen molar-refractivity contribution in [3.63, 3.8) is 0 Å². The minimum atomic E-state index is -0.735. The summed E-state index contributed by atoms with van der Waals surface area (Å²) in [5.74, 6) is 0.482. The molecule has 0 heterocycles. The molecular weight excluding hydrogens is 304 g/mol. The van der Waals surface area contributed by atoms with Gasteiger partial charge in [0.25, 0.3) is 5.91 Å². The van der Waals surface area contributed by atoms with Crippen LogP contribution in [-0.4, -0.2) is 17.9 Å². The number of nitrogens with one attached hydrogen (secondary N) is 1. The molecule has 0 bridgehead atoms. The Hall–Kier alpha value is -2.33. The van der Waals surface area contributed by atoms with Crippen molar-refractivity contribution in [2.75, 3.05) is 0 Å². The van der Waals surface area contributed by atoms with E-state index in [0.717, 1.165) is 12.8 Å². The molecule has 2 amide bonds. The molecule has 1 aromatic carbocycles. The molecule has 24 heavy (non-hydrogen) atoms. The van der Waals surface area contributed by atoms with Crippen LogP contribution in [0.5, 0.6) is 0 Å². The third kappa shape index (κ3) is 4.15. The molecule has 1 aliphatic rings. The molecule has 1 fully saturated rings. The van der Waals surface area contributed by atoms with Gasteiger partial charge in [0.15, 0.2) is 0 Å². The molecule has 2 rings (SSSR count). The molecule has 0 spiro atoms. The molecule has 0 aromatic heterocycles. The minimum Gasteiger partial charge on any atom is -0.349 e. The Kier molecular flexibility index (Phi) is 5.99. The monoisotopic (exact) mass is 328 g/mol. The topological polar surface area (TPSA) is 94.9 Å². The smallest absolute Gasteiger partial charge is 0.252 e. The van der Waals surface area contributed by atoms with Crippen molar-refractivity contribution >= 4 is 11.8 Å². The fraction of sp³-hybridized carbons (Fsp3) is 0.556. The average Bonchev–Trinajstić information content (AvgIpc) is 2.54. The quantitative estimate of drug-likeness (QED) is 0.506. The number of azide groups is 1. The number of hydrogen-bond donors (Lipinski definition) is 1. The first kappa shape index (κ1) is 18.0. The van der Waals surface area contributed by atoms with Gasteiger partial charge in [0, 0.05) is 16.5 Å². The molecule has 6 nitrogen and oxygen atoms in total. The minimum absolute atomic E-state index is 0.101. The normalized spacial score (nSPS) is 23.4. The van der Waals surface area contributed by atoms with Gasteiger partial charge in [-0.05, 0) is 47.3 Å². The van der Waals surface area contributed by atoms with Gasteiger partial charge < -0.3 is 5.32 Å². The fourth-order valence-corrected chi connectivity index (χ4v) is 3.58.